The Morgan fingerprint density at radius 1 is 1.53 bits per heavy atom. The molecule has 1 atom stereocenters. The minimum Gasteiger partial charge on any atom is -0.476 e. The maximum atomic E-state index is 10.9. The summed E-state index contributed by atoms with van der Waals surface area (Å²) < 4.78 is 0. The Bertz CT molecular complexity index is 612. The van der Waals surface area contributed by atoms with Crippen molar-refractivity contribution in [3.8, 4) is 0 Å². The molecule has 4 nitrogen and oxygen atoms in total. The van der Waals surface area contributed by atoms with E-state index in [4.69, 9.17) is 16.7 Å². The number of carbonyl (C=O) groups is 1. The topological polar surface area (TPSA) is 62.2 Å². The summed E-state index contributed by atoms with van der Waals surface area (Å²) in [6.07, 6.45) is 0. The Morgan fingerprint density at radius 3 is 2.84 bits per heavy atom. The summed E-state index contributed by atoms with van der Waals surface area (Å²) in [7, 11) is 0. The molecule has 0 amide bonds. The number of benzene rings is 1. The number of hydrogen-bond acceptors (Lipinski definition) is 4. The first-order chi connectivity index (χ1) is 8.97. The van der Waals surface area contributed by atoms with Crippen LogP contribution in [0.1, 0.15) is 33.9 Å². The number of hydrogen-bond donors (Lipinski definition) is 2. The van der Waals surface area contributed by atoms with Crippen LogP contribution in [0.2, 0.25) is 5.02 Å². The normalized spacial score (nSPS) is 12.2. The van der Waals surface area contributed by atoms with Crippen molar-refractivity contribution in [2.45, 2.75) is 19.9 Å². The lowest BCUT2D eigenvalue weighted by Crippen LogP contribution is -2.07. The Balaban J connectivity index is 2.17. The average molecular weight is 297 g/mol. The maximum absolute atomic E-state index is 10.9. The number of rotatable bonds is 4. The summed E-state index contributed by atoms with van der Waals surface area (Å²) >= 11 is 7.28. The van der Waals surface area contributed by atoms with Crippen molar-refractivity contribution in [1.29, 1.82) is 0 Å². The third-order valence-electron chi connectivity index (χ3n) is 2.69. The van der Waals surface area contributed by atoms with Crippen LogP contribution in [0.25, 0.3) is 0 Å². The highest BCUT2D eigenvalue weighted by atomic mass is 35.5. The molecule has 19 heavy (non-hydrogen) atoms. The second-order valence-electron chi connectivity index (χ2n) is 4.15. The van der Waals surface area contributed by atoms with Gasteiger partial charge in [0.15, 0.2) is 10.8 Å². The first kappa shape index (κ1) is 13.8. The van der Waals surface area contributed by atoms with Crippen LogP contribution in [-0.2, 0) is 0 Å². The lowest BCUT2D eigenvalue weighted by molar-refractivity contribution is 0.0690. The molecule has 100 valence electrons. The number of halogens is 1. The molecule has 0 saturated carbocycles. The summed E-state index contributed by atoms with van der Waals surface area (Å²) in [6.45, 7) is 3.72. The lowest BCUT2D eigenvalue weighted by Gasteiger charge is -2.13. The van der Waals surface area contributed by atoms with Gasteiger partial charge in [0.05, 0.1) is 6.04 Å². The van der Waals surface area contributed by atoms with Crippen molar-refractivity contribution in [3.05, 3.63) is 45.4 Å². The molecule has 0 fully saturated rings. The predicted octanol–water partition coefficient (Wildman–Crippen LogP) is 3.98. The minimum absolute atomic E-state index is 0.00546. The van der Waals surface area contributed by atoms with E-state index in [1.54, 1.807) is 6.92 Å². The molecule has 2 aromatic rings. The van der Waals surface area contributed by atoms with Crippen LogP contribution in [0.5, 0.6) is 0 Å². The van der Waals surface area contributed by atoms with Crippen LogP contribution in [-0.4, -0.2) is 16.1 Å². The molecule has 2 N–H and O–H groups in total. The highest BCUT2D eigenvalue weighted by Gasteiger charge is 2.15. The number of aromatic carboxylic acids is 1. The van der Waals surface area contributed by atoms with Crippen LogP contribution in [0, 0.1) is 6.92 Å². The Kier molecular flexibility index (Phi) is 4.07. The van der Waals surface area contributed by atoms with Gasteiger partial charge < -0.3 is 10.4 Å². The van der Waals surface area contributed by atoms with Crippen molar-refractivity contribution in [1.82, 2.24) is 4.98 Å². The van der Waals surface area contributed by atoms with E-state index in [-0.39, 0.29) is 11.7 Å². The van der Waals surface area contributed by atoms with Gasteiger partial charge in [-0.3, -0.25) is 0 Å². The molecule has 0 bridgehead atoms. The fraction of sp³-hybridized carbons (Fsp3) is 0.231. The second kappa shape index (κ2) is 5.59. The van der Waals surface area contributed by atoms with Crippen LogP contribution in [0.15, 0.2) is 24.3 Å². The van der Waals surface area contributed by atoms with Gasteiger partial charge in [0, 0.05) is 9.90 Å². The number of carboxylic acid groups (broad SMARTS) is 1. The Hall–Kier alpha value is -1.59. The molecule has 1 aromatic heterocycles. The molecule has 0 spiro atoms. The number of thiazole rings is 1. The van der Waals surface area contributed by atoms with Gasteiger partial charge in [-0.05, 0) is 31.5 Å². The van der Waals surface area contributed by atoms with Crippen LogP contribution in [0.3, 0.4) is 0 Å². The third-order valence-corrected chi connectivity index (χ3v) is 3.82. The predicted molar refractivity (Wildman–Crippen MR) is 77.3 cm³/mol. The smallest absolute Gasteiger partial charge is 0.355 e. The molecule has 1 unspecified atom stereocenters. The second-order valence-corrected chi connectivity index (χ2v) is 5.79. The van der Waals surface area contributed by atoms with Gasteiger partial charge in [-0.25, -0.2) is 9.78 Å². The quantitative estimate of drug-likeness (QED) is 0.896. The van der Waals surface area contributed by atoms with Crippen LogP contribution < -0.4 is 5.32 Å². The maximum Gasteiger partial charge on any atom is 0.355 e. The number of aromatic nitrogens is 1. The highest BCUT2D eigenvalue weighted by Crippen LogP contribution is 2.27. The van der Waals surface area contributed by atoms with Gasteiger partial charge in [0.25, 0.3) is 0 Å². The summed E-state index contributed by atoms with van der Waals surface area (Å²) in [5.74, 6) is -1.00. The van der Waals surface area contributed by atoms with Crippen molar-refractivity contribution in [2.75, 3.05) is 5.32 Å². The number of nitrogens with one attached hydrogen (secondary N) is 1. The highest BCUT2D eigenvalue weighted by molar-refractivity contribution is 7.15. The lowest BCUT2D eigenvalue weighted by atomic mass is 10.1. The molecule has 0 aliphatic carbocycles. The summed E-state index contributed by atoms with van der Waals surface area (Å²) in [6, 6.07) is 7.53. The third kappa shape index (κ3) is 3.24. The van der Waals surface area contributed by atoms with Gasteiger partial charge in [-0.15, -0.1) is 11.3 Å². The van der Waals surface area contributed by atoms with E-state index in [1.165, 1.54) is 11.3 Å². The van der Waals surface area contributed by atoms with Gasteiger partial charge in [0.2, 0.25) is 0 Å². The van der Waals surface area contributed by atoms with E-state index < -0.39 is 5.97 Å². The molecule has 0 saturated heterocycles. The zero-order chi connectivity index (χ0) is 14.0. The van der Waals surface area contributed by atoms with Gasteiger partial charge in [-0.2, -0.15) is 0 Å². The zero-order valence-electron chi connectivity index (χ0n) is 10.5. The van der Waals surface area contributed by atoms with Crippen molar-refractivity contribution in [2.24, 2.45) is 0 Å². The summed E-state index contributed by atoms with van der Waals surface area (Å²) in [5, 5.41) is 13.4. The summed E-state index contributed by atoms with van der Waals surface area (Å²) in [5.41, 5.74) is 1.13. The van der Waals surface area contributed by atoms with E-state index in [1.807, 2.05) is 31.2 Å². The average Bonchev–Trinajstić information content (AvgIpc) is 2.70. The van der Waals surface area contributed by atoms with E-state index in [2.05, 4.69) is 10.3 Å². The standard InChI is InChI=1S/C13H13ClN2O2S/c1-7(9-4-3-5-10(14)6-9)15-13-16-11(12(17)18)8(2)19-13/h3-7H,1-2H3,(H,15,16)(H,17,18). The Morgan fingerprint density at radius 2 is 2.26 bits per heavy atom. The monoisotopic (exact) mass is 296 g/mol. The van der Waals surface area contributed by atoms with E-state index in [0.717, 1.165) is 5.56 Å². The molecule has 1 aromatic carbocycles. The molecule has 0 aliphatic rings. The molecule has 0 aliphatic heterocycles. The molecular weight excluding hydrogens is 284 g/mol. The van der Waals surface area contributed by atoms with Crippen LogP contribution in [0.4, 0.5) is 5.13 Å². The Labute approximate surface area is 120 Å². The fourth-order valence-corrected chi connectivity index (χ4v) is 2.79. The number of anilines is 1. The SMILES string of the molecule is Cc1sc(NC(C)c2cccc(Cl)c2)nc1C(=O)O. The van der Waals surface area contributed by atoms with Gasteiger partial charge in [-0.1, -0.05) is 23.7 Å². The first-order valence-electron chi connectivity index (χ1n) is 5.70. The van der Waals surface area contributed by atoms with E-state index >= 15 is 0 Å². The van der Waals surface area contributed by atoms with E-state index in [0.29, 0.717) is 15.0 Å². The largest absolute Gasteiger partial charge is 0.476 e. The van der Waals surface area contributed by atoms with E-state index in [9.17, 15) is 4.79 Å². The molecule has 0 radical (unpaired) electrons. The fourth-order valence-electron chi connectivity index (χ4n) is 1.70. The van der Waals surface area contributed by atoms with Crippen molar-refractivity contribution < 1.29 is 9.90 Å². The zero-order valence-corrected chi connectivity index (χ0v) is 12.0. The number of nitrogens with zero attached hydrogens (tertiary/aromatic N) is 1. The number of aryl methyl sites for hydroxylation is 1. The minimum atomic E-state index is -1.00. The van der Waals surface area contributed by atoms with Crippen molar-refractivity contribution >= 4 is 34.0 Å². The van der Waals surface area contributed by atoms with Crippen LogP contribution >= 0.6 is 22.9 Å². The number of carboxylic acids is 1. The van der Waals surface area contributed by atoms with Gasteiger partial charge in [0.1, 0.15) is 0 Å². The molecular formula is C13H13ClN2O2S. The molecule has 2 rings (SSSR count). The van der Waals surface area contributed by atoms with Crippen molar-refractivity contribution in [3.63, 3.8) is 0 Å². The summed E-state index contributed by atoms with van der Waals surface area (Å²) in [4.78, 5) is 15.7. The first-order valence-corrected chi connectivity index (χ1v) is 6.89. The molecule has 1 heterocycles. The molecule has 6 heteroatoms. The van der Waals surface area contributed by atoms with Gasteiger partial charge >= 0.3 is 5.97 Å².